The van der Waals surface area contributed by atoms with Gasteiger partial charge in [0.1, 0.15) is 21.8 Å². The number of nitrogens with one attached hydrogen (secondary N) is 3. The number of halogens is 4. The number of carbonyl (C=O) groups is 2. The molecule has 1 saturated carbocycles. The van der Waals surface area contributed by atoms with E-state index in [1.165, 1.54) is 30.3 Å². The van der Waals surface area contributed by atoms with Crippen LogP contribution in [0, 0.1) is 11.7 Å². The lowest BCUT2D eigenvalue weighted by molar-refractivity contribution is -0.141. The summed E-state index contributed by atoms with van der Waals surface area (Å²) >= 11 is -1.58. The van der Waals surface area contributed by atoms with Gasteiger partial charge in [0.05, 0.1) is 11.4 Å². The van der Waals surface area contributed by atoms with Gasteiger partial charge in [0.15, 0.2) is 5.69 Å². The second-order valence-corrected chi connectivity index (χ2v) is 15.0. The lowest BCUT2D eigenvalue weighted by Crippen LogP contribution is -2.52. The van der Waals surface area contributed by atoms with Gasteiger partial charge in [-0.2, -0.15) is 18.3 Å². The van der Waals surface area contributed by atoms with Crippen LogP contribution in [0.5, 0.6) is 0 Å². The topological polar surface area (TPSA) is 131 Å². The molecule has 0 radical (unpaired) electrons. The molecule has 2 atom stereocenters. The van der Waals surface area contributed by atoms with Crippen LogP contribution < -0.4 is 15.4 Å². The molecule has 1 fully saturated rings. The SMILES string of the molecule is CC(C)(C)[S+]([O-])N[C@](CCC1CC1)(c1ccccc1)c1ccc(F)c(NC(=O)c2cc(C(F)(F)F)nn2-c2cccc(CNC(=O)O)c2)c1. The minimum absolute atomic E-state index is 0.0524. The predicted molar refractivity (Wildman–Crippen MR) is 178 cm³/mol. The molecular formula is C35H37F4N5O4S. The van der Waals surface area contributed by atoms with E-state index >= 15 is 4.39 Å². The first-order valence-corrected chi connectivity index (χ1v) is 16.8. The van der Waals surface area contributed by atoms with Gasteiger partial charge in [-0.3, -0.25) is 4.79 Å². The van der Waals surface area contributed by atoms with E-state index in [1.54, 1.807) is 12.1 Å². The molecular weight excluding hydrogens is 662 g/mol. The monoisotopic (exact) mass is 699 g/mol. The fraction of sp³-hybridized carbons (Fsp3) is 0.343. The van der Waals surface area contributed by atoms with E-state index < -0.39 is 57.0 Å². The van der Waals surface area contributed by atoms with Crippen LogP contribution in [0.25, 0.3) is 5.69 Å². The summed E-state index contributed by atoms with van der Waals surface area (Å²) in [5.74, 6) is -1.40. The van der Waals surface area contributed by atoms with Crippen LogP contribution in [0.1, 0.15) is 79.3 Å². The van der Waals surface area contributed by atoms with Crippen molar-refractivity contribution in [3.8, 4) is 5.69 Å². The summed E-state index contributed by atoms with van der Waals surface area (Å²) in [5, 5.41) is 17.2. The van der Waals surface area contributed by atoms with Gasteiger partial charge in [-0.15, -0.1) is 4.72 Å². The molecule has 260 valence electrons. The molecule has 1 heterocycles. The molecule has 1 aliphatic carbocycles. The van der Waals surface area contributed by atoms with Crippen molar-refractivity contribution in [2.45, 2.75) is 69.5 Å². The molecule has 3 aromatic carbocycles. The molecule has 0 aliphatic heterocycles. The minimum Gasteiger partial charge on any atom is -0.598 e. The molecule has 2 amide bonds. The zero-order chi connectivity index (χ0) is 35.6. The third kappa shape index (κ3) is 8.61. The van der Waals surface area contributed by atoms with Gasteiger partial charge in [0.25, 0.3) is 5.91 Å². The molecule has 0 saturated heterocycles. The van der Waals surface area contributed by atoms with Gasteiger partial charge in [0.2, 0.25) is 0 Å². The van der Waals surface area contributed by atoms with E-state index in [1.807, 2.05) is 51.1 Å². The quantitative estimate of drug-likeness (QED) is 0.0893. The molecule has 14 heteroatoms. The van der Waals surface area contributed by atoms with E-state index in [2.05, 4.69) is 20.5 Å². The average molecular weight is 700 g/mol. The van der Waals surface area contributed by atoms with Crippen molar-refractivity contribution in [1.82, 2.24) is 19.8 Å². The first kappa shape index (κ1) is 35.9. The molecule has 0 bridgehead atoms. The number of carbonyl (C=O) groups excluding carboxylic acids is 1. The Hall–Kier alpha value is -4.40. The van der Waals surface area contributed by atoms with Crippen LogP contribution in [-0.4, -0.2) is 36.2 Å². The van der Waals surface area contributed by atoms with Gasteiger partial charge in [-0.1, -0.05) is 61.4 Å². The molecule has 5 rings (SSSR count). The van der Waals surface area contributed by atoms with Crippen molar-refractivity contribution in [3.05, 3.63) is 113 Å². The van der Waals surface area contributed by atoms with E-state index in [4.69, 9.17) is 5.11 Å². The standard InChI is InChI=1S/C35H37F4N5O4S/c1-33(2,3)49(48)43-34(17-16-22-12-13-22,24-9-5-4-6-10-24)25-14-15-27(36)28(19-25)41-31(45)29-20-30(35(37,38)39)42-44(29)26-11-7-8-23(18-26)21-40-32(46)47/h4-11,14-15,18-20,22,40,43H,12-13,16-17,21H2,1-3H3,(H,41,45)(H,46,47)/t34-,49?/m1/s1. The number of hydrogen-bond acceptors (Lipinski definition) is 5. The Morgan fingerprint density at radius 3 is 2.33 bits per heavy atom. The molecule has 4 aromatic rings. The molecule has 49 heavy (non-hydrogen) atoms. The van der Waals surface area contributed by atoms with Gasteiger partial charge < -0.3 is 20.3 Å². The van der Waals surface area contributed by atoms with Crippen molar-refractivity contribution in [3.63, 3.8) is 0 Å². The summed E-state index contributed by atoms with van der Waals surface area (Å²) in [6.07, 6.45) is -2.74. The first-order valence-electron chi connectivity index (χ1n) is 15.7. The van der Waals surface area contributed by atoms with Crippen molar-refractivity contribution in [2.24, 2.45) is 5.92 Å². The van der Waals surface area contributed by atoms with Crippen molar-refractivity contribution in [1.29, 1.82) is 0 Å². The highest BCUT2D eigenvalue weighted by Crippen LogP contribution is 2.43. The highest BCUT2D eigenvalue weighted by molar-refractivity contribution is 7.90. The molecule has 0 spiro atoms. The number of aromatic nitrogens is 2. The highest BCUT2D eigenvalue weighted by Gasteiger charge is 2.43. The lowest BCUT2D eigenvalue weighted by atomic mass is 9.79. The van der Waals surface area contributed by atoms with Crippen LogP contribution >= 0.6 is 0 Å². The first-order chi connectivity index (χ1) is 23.1. The summed E-state index contributed by atoms with van der Waals surface area (Å²) in [6, 6.07) is 19.9. The molecule has 1 aromatic heterocycles. The van der Waals surface area contributed by atoms with E-state index in [0.717, 1.165) is 29.5 Å². The zero-order valence-electron chi connectivity index (χ0n) is 27.1. The van der Waals surface area contributed by atoms with Crippen LogP contribution in [0.2, 0.25) is 0 Å². The molecule has 9 nitrogen and oxygen atoms in total. The number of benzene rings is 3. The maximum Gasteiger partial charge on any atom is 0.435 e. The Bertz CT molecular complexity index is 1810. The van der Waals surface area contributed by atoms with Gasteiger partial charge in [0, 0.05) is 24.0 Å². The van der Waals surface area contributed by atoms with Crippen molar-refractivity contribution < 1.29 is 36.8 Å². The zero-order valence-corrected chi connectivity index (χ0v) is 27.9. The molecule has 4 N–H and O–H groups in total. The predicted octanol–water partition coefficient (Wildman–Crippen LogP) is 7.54. The van der Waals surface area contributed by atoms with Crippen LogP contribution in [0.4, 0.5) is 28.0 Å². The summed E-state index contributed by atoms with van der Waals surface area (Å²) in [6.45, 7) is 5.35. The summed E-state index contributed by atoms with van der Waals surface area (Å²) in [4.78, 5) is 24.7. The fourth-order valence-corrected chi connectivity index (χ4v) is 6.37. The lowest BCUT2D eigenvalue weighted by Gasteiger charge is -2.39. The second kappa shape index (κ2) is 14.2. The number of alkyl halides is 3. The minimum atomic E-state index is -4.90. The summed E-state index contributed by atoms with van der Waals surface area (Å²) in [5.41, 5.74) is -1.50. The number of hydrogen-bond donors (Lipinski definition) is 4. The third-order valence-corrected chi connectivity index (χ3v) is 9.90. The van der Waals surface area contributed by atoms with E-state index in [9.17, 15) is 27.3 Å². The molecule has 1 unspecified atom stereocenters. The fourth-order valence-electron chi connectivity index (χ4n) is 5.41. The van der Waals surface area contributed by atoms with Gasteiger partial charge >= 0.3 is 12.3 Å². The Morgan fingerprint density at radius 2 is 1.69 bits per heavy atom. The molecule has 1 aliphatic rings. The maximum atomic E-state index is 15.5. The highest BCUT2D eigenvalue weighted by atomic mass is 32.2. The summed E-state index contributed by atoms with van der Waals surface area (Å²) in [7, 11) is 0. The third-order valence-electron chi connectivity index (χ3n) is 8.25. The van der Waals surface area contributed by atoms with Crippen LogP contribution in [0.15, 0.2) is 78.9 Å². The normalized spacial score (nSPS) is 15.3. The number of anilines is 1. The largest absolute Gasteiger partial charge is 0.598 e. The average Bonchev–Trinajstić information content (AvgIpc) is 3.76. The van der Waals surface area contributed by atoms with E-state index in [-0.39, 0.29) is 17.9 Å². The number of nitrogens with zero attached hydrogens (tertiary/aromatic N) is 2. The second-order valence-electron chi connectivity index (χ2n) is 13.0. The number of carboxylic acid groups (broad SMARTS) is 1. The Labute approximate surface area is 284 Å². The number of rotatable bonds is 12. The van der Waals surface area contributed by atoms with Crippen molar-refractivity contribution in [2.75, 3.05) is 5.32 Å². The maximum absolute atomic E-state index is 15.5. The van der Waals surface area contributed by atoms with Gasteiger partial charge in [-0.05, 0) is 80.5 Å². The number of amides is 2. The smallest absolute Gasteiger partial charge is 0.435 e. The Kier molecular flexibility index (Phi) is 10.4. The van der Waals surface area contributed by atoms with Crippen LogP contribution in [-0.2, 0) is 29.6 Å². The summed E-state index contributed by atoms with van der Waals surface area (Å²) < 4.78 is 74.1. The van der Waals surface area contributed by atoms with Gasteiger partial charge in [-0.25, -0.2) is 13.9 Å². The van der Waals surface area contributed by atoms with E-state index in [0.29, 0.717) is 29.5 Å². The van der Waals surface area contributed by atoms with Crippen molar-refractivity contribution >= 4 is 29.0 Å². The van der Waals surface area contributed by atoms with Crippen LogP contribution in [0.3, 0.4) is 0 Å². The Balaban J connectivity index is 1.56. The Morgan fingerprint density at radius 1 is 0.980 bits per heavy atom.